The zero-order chi connectivity index (χ0) is 12.3. The van der Waals surface area contributed by atoms with Crippen LogP contribution >= 0.6 is 22.6 Å². The highest BCUT2D eigenvalue weighted by atomic mass is 127. The first-order valence-electron chi connectivity index (χ1n) is 7.25. The lowest BCUT2D eigenvalue weighted by atomic mass is 10.1. The zero-order valence-corrected chi connectivity index (χ0v) is 11.8. The molecule has 0 aromatic heterocycles. The number of hydrogen-bond acceptors (Lipinski definition) is 0. The molecule has 14 heavy (non-hydrogen) atoms. The van der Waals surface area contributed by atoms with Crippen LogP contribution in [0.1, 0.15) is 80.3 Å². The van der Waals surface area contributed by atoms with Crippen LogP contribution in [0.15, 0.2) is 0 Å². The highest BCUT2D eigenvalue weighted by Gasteiger charge is 1.91. The van der Waals surface area contributed by atoms with Crippen LogP contribution in [0.2, 0.25) is 0 Å². The Morgan fingerprint density at radius 2 is 1.07 bits per heavy atom. The van der Waals surface area contributed by atoms with E-state index in [0.717, 1.165) is 6.42 Å². The average molecular weight is 312 g/mol. The van der Waals surface area contributed by atoms with E-state index in [1.807, 2.05) is 22.6 Å². The highest BCUT2D eigenvalue weighted by Crippen LogP contribution is 2.11. The van der Waals surface area contributed by atoms with Gasteiger partial charge in [-0.1, -0.05) is 93.7 Å². The first-order valence-corrected chi connectivity index (χ1v) is 7.33. The molecule has 0 bridgehead atoms. The van der Waals surface area contributed by atoms with Gasteiger partial charge in [0.15, 0.2) is 0 Å². The molecule has 0 saturated heterocycles. The third kappa shape index (κ3) is 12.7. The molecule has 0 rings (SSSR count). The van der Waals surface area contributed by atoms with Gasteiger partial charge < -0.3 is 0 Å². The van der Waals surface area contributed by atoms with E-state index in [1.165, 1.54) is 57.8 Å². The first kappa shape index (κ1) is 11.2. The minimum absolute atomic E-state index is 0.712. The molecular weight excluding hydrogens is 283 g/mol. The van der Waals surface area contributed by atoms with Crippen LogP contribution in [0, 0.1) is 0 Å². The van der Waals surface area contributed by atoms with Gasteiger partial charge in [-0.3, -0.25) is 0 Å². The number of hydrogen-bond donors (Lipinski definition) is 0. The predicted octanol–water partition coefficient (Wildman–Crippen LogP) is 5.73. The van der Waals surface area contributed by atoms with Crippen LogP contribution in [0.5, 0.6) is 0 Å². The summed E-state index contributed by atoms with van der Waals surface area (Å²) >= 11 is 1.90. The summed E-state index contributed by atoms with van der Waals surface area (Å²) in [6.07, 6.45) is 13.9. The summed E-state index contributed by atoms with van der Waals surface area (Å²) in [5.74, 6) is 0. The van der Waals surface area contributed by atoms with Crippen molar-refractivity contribution in [1.82, 2.24) is 0 Å². The van der Waals surface area contributed by atoms with Gasteiger partial charge in [-0.25, -0.2) is 0 Å². The Kier molecular flexibility index (Phi) is 11.0. The van der Waals surface area contributed by atoms with Gasteiger partial charge in [-0.15, -0.1) is 0 Å². The van der Waals surface area contributed by atoms with Gasteiger partial charge in [0, 0.05) is 2.74 Å². The van der Waals surface area contributed by atoms with Gasteiger partial charge in [-0.2, -0.15) is 0 Å². The van der Waals surface area contributed by atoms with E-state index in [2.05, 4.69) is 6.92 Å². The number of rotatable bonds is 11. The molecule has 0 aliphatic rings. The molecule has 0 nitrogen and oxygen atoms in total. The van der Waals surface area contributed by atoms with Crippen molar-refractivity contribution >= 4 is 22.6 Å². The number of halogens is 1. The van der Waals surface area contributed by atoms with Crippen molar-refractivity contribution in [3.63, 3.8) is 0 Å². The Labute approximate surface area is 107 Å². The molecule has 0 atom stereocenters. The van der Waals surface area contributed by atoms with Crippen LogP contribution in [-0.4, -0.2) is 4.38 Å². The van der Waals surface area contributed by atoms with E-state index in [4.69, 9.17) is 2.74 Å². The van der Waals surface area contributed by atoms with E-state index in [1.54, 1.807) is 0 Å². The first-order chi connectivity index (χ1) is 7.56. The standard InChI is InChI=1S/C13H27I/c1-2-3-4-5-6-7-8-9-10-11-12-13-14/h2-13H2,1H3/i13D2. The lowest BCUT2D eigenvalue weighted by molar-refractivity contribution is 0.555. The molecular formula is C13H27I. The zero-order valence-electron chi connectivity index (χ0n) is 11.7. The van der Waals surface area contributed by atoms with E-state index in [0.29, 0.717) is 6.42 Å². The SMILES string of the molecule is [2H]C([2H])(I)CCCCCCCCCCCC. The van der Waals surface area contributed by atoms with Crippen LogP contribution in [0.4, 0.5) is 0 Å². The van der Waals surface area contributed by atoms with Crippen LogP contribution in [0.25, 0.3) is 0 Å². The largest absolute Gasteiger partial charge is 0.0864 e. The number of alkyl halides is 1. The summed E-state index contributed by atoms with van der Waals surface area (Å²) in [5, 5.41) is 0. The van der Waals surface area contributed by atoms with E-state index in [9.17, 15) is 0 Å². The summed E-state index contributed by atoms with van der Waals surface area (Å²) in [6.45, 7) is 2.26. The molecule has 86 valence electrons. The van der Waals surface area contributed by atoms with Gasteiger partial charge in [-0.05, 0) is 10.8 Å². The fourth-order valence-corrected chi connectivity index (χ4v) is 2.06. The van der Waals surface area contributed by atoms with Crippen molar-refractivity contribution in [3.05, 3.63) is 0 Å². The Morgan fingerprint density at radius 3 is 1.43 bits per heavy atom. The molecule has 0 spiro atoms. The van der Waals surface area contributed by atoms with Crippen molar-refractivity contribution in [2.24, 2.45) is 0 Å². The second-order valence-corrected chi connectivity index (χ2v) is 4.83. The van der Waals surface area contributed by atoms with Crippen molar-refractivity contribution in [2.75, 3.05) is 4.38 Å². The number of unbranched alkanes of at least 4 members (excludes halogenated alkanes) is 9. The summed E-state index contributed by atoms with van der Waals surface area (Å²) in [6, 6.07) is 0. The molecule has 1 heteroatoms. The fraction of sp³-hybridized carbons (Fsp3) is 1.00. The van der Waals surface area contributed by atoms with Gasteiger partial charge in [0.25, 0.3) is 0 Å². The van der Waals surface area contributed by atoms with Gasteiger partial charge >= 0.3 is 0 Å². The van der Waals surface area contributed by atoms with E-state index in [-0.39, 0.29) is 0 Å². The molecule has 0 saturated carbocycles. The second kappa shape index (κ2) is 13.7. The van der Waals surface area contributed by atoms with E-state index >= 15 is 0 Å². The van der Waals surface area contributed by atoms with Crippen LogP contribution in [0.3, 0.4) is 0 Å². The molecule has 0 radical (unpaired) electrons. The maximum atomic E-state index is 7.40. The van der Waals surface area contributed by atoms with Crippen molar-refractivity contribution in [1.29, 1.82) is 0 Å². The smallest absolute Gasteiger partial charge is 0.0377 e. The topological polar surface area (TPSA) is 0 Å². The molecule has 0 unspecified atom stereocenters. The minimum atomic E-state index is -0.988. The Hall–Kier alpha value is 0.730. The molecule has 0 fully saturated rings. The average Bonchev–Trinajstić information content (AvgIpc) is 2.19. The summed E-state index contributed by atoms with van der Waals surface area (Å²) in [4.78, 5) is 0. The van der Waals surface area contributed by atoms with Crippen molar-refractivity contribution < 1.29 is 2.74 Å². The van der Waals surface area contributed by atoms with Gasteiger partial charge in [0.05, 0.1) is 0 Å². The lowest BCUT2D eigenvalue weighted by Crippen LogP contribution is -1.82. The third-order valence-corrected chi connectivity index (χ3v) is 3.16. The predicted molar refractivity (Wildman–Crippen MR) is 75.3 cm³/mol. The fourth-order valence-electron chi connectivity index (χ4n) is 1.68. The monoisotopic (exact) mass is 312 g/mol. The minimum Gasteiger partial charge on any atom is -0.0864 e. The highest BCUT2D eigenvalue weighted by molar-refractivity contribution is 14.1. The summed E-state index contributed by atoms with van der Waals surface area (Å²) in [7, 11) is 0. The normalized spacial score (nSPS) is 13.9. The van der Waals surface area contributed by atoms with Crippen LogP contribution < -0.4 is 0 Å². The third-order valence-electron chi connectivity index (χ3n) is 2.62. The van der Waals surface area contributed by atoms with Crippen molar-refractivity contribution in [3.8, 4) is 0 Å². The molecule has 0 aliphatic heterocycles. The molecule has 0 amide bonds. The molecule has 0 aliphatic carbocycles. The quantitative estimate of drug-likeness (QED) is 0.259. The summed E-state index contributed by atoms with van der Waals surface area (Å²) in [5.41, 5.74) is 0. The second-order valence-electron chi connectivity index (χ2n) is 4.07. The van der Waals surface area contributed by atoms with E-state index < -0.39 is 4.38 Å². The maximum absolute atomic E-state index is 7.40. The Morgan fingerprint density at radius 1 is 0.714 bits per heavy atom. The molecule has 0 aromatic rings. The van der Waals surface area contributed by atoms with Crippen LogP contribution in [-0.2, 0) is 0 Å². The molecule has 0 heterocycles. The van der Waals surface area contributed by atoms with Gasteiger partial charge in [0.1, 0.15) is 0 Å². The molecule has 0 N–H and O–H groups in total. The Bertz CT molecular complexity index is 143. The summed E-state index contributed by atoms with van der Waals surface area (Å²) < 4.78 is 13.8. The van der Waals surface area contributed by atoms with Crippen molar-refractivity contribution in [2.45, 2.75) is 77.6 Å². The lowest BCUT2D eigenvalue weighted by Gasteiger charge is -2.01. The molecule has 0 aromatic carbocycles. The Balaban J connectivity index is 2.99. The van der Waals surface area contributed by atoms with Gasteiger partial charge in [0.2, 0.25) is 0 Å². The maximum Gasteiger partial charge on any atom is 0.0377 e.